The lowest BCUT2D eigenvalue weighted by Crippen LogP contribution is -2.22. The number of imide groups is 1. The van der Waals surface area contributed by atoms with Crippen molar-refractivity contribution in [3.05, 3.63) is 12.3 Å². The van der Waals surface area contributed by atoms with E-state index in [0.29, 0.717) is 0 Å². The van der Waals surface area contributed by atoms with Crippen LogP contribution < -0.4 is 0 Å². The molecule has 0 aromatic rings. The van der Waals surface area contributed by atoms with Gasteiger partial charge in [0.2, 0.25) is 5.91 Å². The number of ether oxygens (including phenoxy) is 1. The van der Waals surface area contributed by atoms with Crippen molar-refractivity contribution in [1.82, 2.24) is 4.90 Å². The molecule has 5 nitrogen and oxygen atoms in total. The van der Waals surface area contributed by atoms with E-state index in [1.165, 1.54) is 0 Å². The van der Waals surface area contributed by atoms with Crippen molar-refractivity contribution in [2.75, 3.05) is 12.4 Å². The molecular weight excluding hydrogens is 206 g/mol. The van der Waals surface area contributed by atoms with Crippen LogP contribution in [0.2, 0.25) is 0 Å². The smallest absolute Gasteiger partial charge is 0.332 e. The SMILES string of the molecule is CCOC(=O)/C=C/N1C(=O)CSC1=O. The Morgan fingerprint density at radius 2 is 2.36 bits per heavy atom. The average molecular weight is 215 g/mol. The second kappa shape index (κ2) is 4.80. The Morgan fingerprint density at radius 1 is 1.64 bits per heavy atom. The summed E-state index contributed by atoms with van der Waals surface area (Å²) in [4.78, 5) is 33.8. The molecule has 0 aromatic heterocycles. The molecule has 76 valence electrons. The van der Waals surface area contributed by atoms with Gasteiger partial charge in [-0.05, 0) is 6.92 Å². The Hall–Kier alpha value is -1.30. The minimum atomic E-state index is -0.565. The van der Waals surface area contributed by atoms with Crippen molar-refractivity contribution >= 4 is 28.9 Å². The van der Waals surface area contributed by atoms with Gasteiger partial charge in [0.15, 0.2) is 0 Å². The number of esters is 1. The Labute approximate surface area is 85.1 Å². The van der Waals surface area contributed by atoms with Gasteiger partial charge in [-0.25, -0.2) is 9.69 Å². The number of hydrogen-bond acceptors (Lipinski definition) is 5. The highest BCUT2D eigenvalue weighted by molar-refractivity contribution is 8.14. The zero-order valence-corrected chi connectivity index (χ0v) is 8.37. The summed E-state index contributed by atoms with van der Waals surface area (Å²) < 4.78 is 4.59. The Morgan fingerprint density at radius 3 is 2.86 bits per heavy atom. The summed E-state index contributed by atoms with van der Waals surface area (Å²) in [7, 11) is 0. The number of nitrogens with zero attached hydrogens (tertiary/aromatic N) is 1. The molecule has 0 unspecified atom stereocenters. The molecule has 0 saturated carbocycles. The van der Waals surface area contributed by atoms with Crippen molar-refractivity contribution in [3.63, 3.8) is 0 Å². The van der Waals surface area contributed by atoms with Gasteiger partial charge < -0.3 is 4.74 Å². The number of carbonyl (C=O) groups excluding carboxylic acids is 3. The summed E-state index contributed by atoms with van der Waals surface area (Å²) in [6, 6.07) is 0. The molecule has 14 heavy (non-hydrogen) atoms. The molecule has 1 heterocycles. The molecule has 0 aliphatic carbocycles. The maximum atomic E-state index is 11.0. The quantitative estimate of drug-likeness (QED) is 0.513. The summed E-state index contributed by atoms with van der Waals surface area (Å²) in [6.07, 6.45) is 2.20. The van der Waals surface area contributed by atoms with Crippen LogP contribution in [0.25, 0.3) is 0 Å². The maximum Gasteiger partial charge on any atom is 0.332 e. The fourth-order valence-corrected chi connectivity index (χ4v) is 1.52. The first kappa shape index (κ1) is 10.8. The third-order valence-electron chi connectivity index (χ3n) is 1.43. The van der Waals surface area contributed by atoms with E-state index in [2.05, 4.69) is 4.74 Å². The predicted octanol–water partition coefficient (Wildman–Crippen LogP) is 0.759. The highest BCUT2D eigenvalue weighted by atomic mass is 32.2. The third kappa shape index (κ3) is 2.59. The first-order chi connectivity index (χ1) is 6.65. The van der Waals surface area contributed by atoms with Crippen LogP contribution in [-0.4, -0.2) is 34.4 Å². The Balaban J connectivity index is 2.54. The predicted molar refractivity (Wildman–Crippen MR) is 50.5 cm³/mol. The molecule has 1 aliphatic rings. The van der Waals surface area contributed by atoms with E-state index in [1.54, 1.807) is 6.92 Å². The van der Waals surface area contributed by atoms with E-state index in [0.717, 1.165) is 28.9 Å². The molecule has 0 aromatic carbocycles. The van der Waals surface area contributed by atoms with Crippen LogP contribution >= 0.6 is 11.8 Å². The lowest BCUT2D eigenvalue weighted by atomic mass is 10.5. The zero-order chi connectivity index (χ0) is 10.6. The molecule has 1 fully saturated rings. The average Bonchev–Trinajstić information content (AvgIpc) is 2.44. The normalized spacial score (nSPS) is 16.8. The van der Waals surface area contributed by atoms with Gasteiger partial charge in [-0.2, -0.15) is 0 Å². The van der Waals surface area contributed by atoms with Crippen LogP contribution in [0.4, 0.5) is 4.79 Å². The maximum absolute atomic E-state index is 11.0. The number of carbonyl (C=O) groups is 3. The molecule has 0 spiro atoms. The first-order valence-electron chi connectivity index (χ1n) is 3.99. The number of amides is 2. The second-order valence-corrected chi connectivity index (χ2v) is 3.31. The van der Waals surface area contributed by atoms with E-state index in [1.807, 2.05) is 0 Å². The van der Waals surface area contributed by atoms with Gasteiger partial charge in [0, 0.05) is 12.3 Å². The van der Waals surface area contributed by atoms with Gasteiger partial charge in [0.25, 0.3) is 5.24 Å². The minimum Gasteiger partial charge on any atom is -0.463 e. The molecule has 1 aliphatic heterocycles. The van der Waals surface area contributed by atoms with Crippen LogP contribution in [0.1, 0.15) is 6.92 Å². The summed E-state index contributed by atoms with van der Waals surface area (Å²) in [6.45, 7) is 1.94. The van der Waals surface area contributed by atoms with Crippen molar-refractivity contribution in [3.8, 4) is 0 Å². The second-order valence-electron chi connectivity index (χ2n) is 2.39. The largest absolute Gasteiger partial charge is 0.463 e. The van der Waals surface area contributed by atoms with E-state index >= 15 is 0 Å². The minimum absolute atomic E-state index is 0.131. The molecule has 0 radical (unpaired) electrons. The molecule has 1 rings (SSSR count). The van der Waals surface area contributed by atoms with Gasteiger partial charge in [-0.1, -0.05) is 11.8 Å². The van der Waals surface area contributed by atoms with Gasteiger partial charge in [-0.15, -0.1) is 0 Å². The van der Waals surface area contributed by atoms with Crippen LogP contribution in [0, 0.1) is 0 Å². The molecule has 6 heteroatoms. The molecule has 0 atom stereocenters. The van der Waals surface area contributed by atoms with Crippen molar-refractivity contribution in [2.45, 2.75) is 6.92 Å². The van der Waals surface area contributed by atoms with Crippen LogP contribution in [0.3, 0.4) is 0 Å². The fraction of sp³-hybridized carbons (Fsp3) is 0.375. The monoisotopic (exact) mass is 215 g/mol. The summed E-state index contributed by atoms with van der Waals surface area (Å²) in [5, 5.41) is -0.365. The molecule has 2 amide bonds. The van der Waals surface area contributed by atoms with Crippen LogP contribution in [0.15, 0.2) is 12.3 Å². The zero-order valence-electron chi connectivity index (χ0n) is 7.56. The molecule has 0 bridgehead atoms. The fourth-order valence-electron chi connectivity index (χ4n) is 0.834. The van der Waals surface area contributed by atoms with Gasteiger partial charge >= 0.3 is 5.97 Å². The van der Waals surface area contributed by atoms with Gasteiger partial charge in [0.05, 0.1) is 12.4 Å². The molecule has 0 N–H and O–H groups in total. The topological polar surface area (TPSA) is 63.7 Å². The van der Waals surface area contributed by atoms with E-state index < -0.39 is 5.97 Å². The first-order valence-corrected chi connectivity index (χ1v) is 4.97. The van der Waals surface area contributed by atoms with Crippen LogP contribution in [0.5, 0.6) is 0 Å². The van der Waals surface area contributed by atoms with Crippen molar-refractivity contribution in [1.29, 1.82) is 0 Å². The van der Waals surface area contributed by atoms with E-state index in [4.69, 9.17) is 0 Å². The summed E-state index contributed by atoms with van der Waals surface area (Å²) >= 11 is 0.913. The van der Waals surface area contributed by atoms with Gasteiger partial charge in [0.1, 0.15) is 0 Å². The Kier molecular flexibility index (Phi) is 3.70. The summed E-state index contributed by atoms with van der Waals surface area (Å²) in [5.74, 6) is -0.753. The van der Waals surface area contributed by atoms with E-state index in [9.17, 15) is 14.4 Å². The summed E-state index contributed by atoms with van der Waals surface area (Å²) in [5.41, 5.74) is 0. The van der Waals surface area contributed by atoms with Crippen molar-refractivity contribution in [2.24, 2.45) is 0 Å². The van der Waals surface area contributed by atoms with Gasteiger partial charge in [-0.3, -0.25) is 9.59 Å². The lowest BCUT2D eigenvalue weighted by molar-refractivity contribution is -0.137. The highest BCUT2D eigenvalue weighted by Gasteiger charge is 2.27. The van der Waals surface area contributed by atoms with E-state index in [-0.39, 0.29) is 23.5 Å². The molecular formula is C8H9NO4S. The third-order valence-corrected chi connectivity index (χ3v) is 2.27. The Bertz CT molecular complexity index is 284. The lowest BCUT2D eigenvalue weighted by Gasteiger charge is -2.04. The number of thioether (sulfide) groups is 1. The highest BCUT2D eigenvalue weighted by Crippen LogP contribution is 2.18. The standard InChI is InChI=1S/C8H9NO4S/c1-2-13-7(11)3-4-9-6(10)5-14-8(9)12/h3-4H,2,5H2,1H3/b4-3+. The van der Waals surface area contributed by atoms with Crippen LogP contribution in [-0.2, 0) is 14.3 Å². The van der Waals surface area contributed by atoms with Crippen molar-refractivity contribution < 1.29 is 19.1 Å². The number of hydrogen-bond donors (Lipinski definition) is 0. The molecule has 1 saturated heterocycles. The number of rotatable bonds is 3.